The van der Waals surface area contributed by atoms with Crippen molar-refractivity contribution in [2.75, 3.05) is 18.4 Å². The number of hydrogen-bond donors (Lipinski definition) is 3. The molecule has 252 valence electrons. The number of halogens is 4. The molecule has 0 aliphatic carbocycles. The zero-order valence-corrected chi connectivity index (χ0v) is 26.2. The number of carbonyl (C=O) groups is 3. The summed E-state index contributed by atoms with van der Waals surface area (Å²) in [5.74, 6) is -2.21. The third-order valence-electron chi connectivity index (χ3n) is 8.79. The summed E-state index contributed by atoms with van der Waals surface area (Å²) in [6, 6.07) is 9.77. The first kappa shape index (κ1) is 33.2. The van der Waals surface area contributed by atoms with Gasteiger partial charge >= 0.3 is 6.18 Å². The standard InChI is InChI=1S/C34H33F4N5O5/c1-33(2,47)23-14-26-27(15-25(23)40-30(45)20-4-7-28(39-16-20)34(36,37)38)48-32(41-26)19-9-11-43(12-10-19)17-18-3-5-21(24(35)13-18)22-6-8-29(44)42-31(22)46/h3-5,7,13-16,19,22,47H,6,8-12,17H2,1-2H3,(H,40,45)(H,42,44,46). The number of pyridine rings is 1. The van der Waals surface area contributed by atoms with Crippen molar-refractivity contribution in [3.63, 3.8) is 0 Å². The number of hydrogen-bond acceptors (Lipinski definition) is 8. The van der Waals surface area contributed by atoms with Gasteiger partial charge in [-0.3, -0.25) is 29.6 Å². The molecule has 1 unspecified atom stereocenters. The Morgan fingerprint density at radius 3 is 2.46 bits per heavy atom. The van der Waals surface area contributed by atoms with Crippen molar-refractivity contribution in [3.05, 3.63) is 88.3 Å². The van der Waals surface area contributed by atoms with Crippen LogP contribution in [0.2, 0.25) is 0 Å². The second-order valence-electron chi connectivity index (χ2n) is 12.8. The number of rotatable bonds is 7. The monoisotopic (exact) mass is 667 g/mol. The van der Waals surface area contributed by atoms with E-state index in [-0.39, 0.29) is 41.5 Å². The summed E-state index contributed by atoms with van der Waals surface area (Å²) in [5, 5.41) is 15.8. The Hall–Kier alpha value is -4.69. The molecule has 6 rings (SSSR count). The van der Waals surface area contributed by atoms with E-state index in [1.807, 2.05) is 0 Å². The third-order valence-corrected chi connectivity index (χ3v) is 8.79. The third kappa shape index (κ3) is 7.09. The minimum absolute atomic E-state index is 0.0119. The molecule has 2 aliphatic rings. The van der Waals surface area contributed by atoms with Crippen LogP contribution in [0.4, 0.5) is 23.2 Å². The van der Waals surface area contributed by atoms with Crippen molar-refractivity contribution in [2.24, 2.45) is 0 Å². The average molecular weight is 668 g/mol. The Kier molecular flexibility index (Phi) is 8.81. The van der Waals surface area contributed by atoms with Crippen molar-refractivity contribution in [1.82, 2.24) is 20.2 Å². The number of oxazole rings is 1. The smallest absolute Gasteiger partial charge is 0.433 e. The number of aromatic nitrogens is 2. The van der Waals surface area contributed by atoms with Crippen LogP contribution in [0.5, 0.6) is 0 Å². The molecule has 2 aliphatic heterocycles. The molecule has 0 bridgehead atoms. The lowest BCUT2D eigenvalue weighted by atomic mass is 9.89. The number of likely N-dealkylation sites (tertiary alicyclic amines) is 1. The van der Waals surface area contributed by atoms with E-state index in [4.69, 9.17) is 4.42 Å². The molecule has 2 aromatic heterocycles. The van der Waals surface area contributed by atoms with Gasteiger partial charge in [0.2, 0.25) is 11.8 Å². The molecule has 0 spiro atoms. The van der Waals surface area contributed by atoms with Gasteiger partial charge in [0.05, 0.1) is 22.8 Å². The van der Waals surface area contributed by atoms with Crippen molar-refractivity contribution < 1.29 is 41.5 Å². The van der Waals surface area contributed by atoms with Gasteiger partial charge in [-0.1, -0.05) is 12.1 Å². The van der Waals surface area contributed by atoms with Crippen molar-refractivity contribution in [2.45, 2.75) is 69.7 Å². The van der Waals surface area contributed by atoms with Gasteiger partial charge in [0.25, 0.3) is 5.91 Å². The number of nitrogens with zero attached hydrogens (tertiary/aromatic N) is 3. The van der Waals surface area contributed by atoms with Crippen LogP contribution in [-0.4, -0.2) is 50.8 Å². The first-order valence-electron chi connectivity index (χ1n) is 15.5. The summed E-state index contributed by atoms with van der Waals surface area (Å²) >= 11 is 0. The Bertz CT molecular complexity index is 1880. The van der Waals surface area contributed by atoms with Gasteiger partial charge in [-0.15, -0.1) is 0 Å². The first-order valence-corrected chi connectivity index (χ1v) is 15.5. The number of alkyl halides is 3. The van der Waals surface area contributed by atoms with Gasteiger partial charge in [0.15, 0.2) is 11.5 Å². The first-order chi connectivity index (χ1) is 22.7. The molecular formula is C34H33F4N5O5. The van der Waals surface area contributed by atoms with Gasteiger partial charge in [-0.25, -0.2) is 9.37 Å². The van der Waals surface area contributed by atoms with E-state index in [1.165, 1.54) is 26.0 Å². The second kappa shape index (κ2) is 12.7. The normalized spacial score (nSPS) is 18.3. The SMILES string of the molecule is CC(C)(O)c1cc2nc(C3CCN(Cc4ccc(C5CCC(=O)NC5=O)c(F)c4)CC3)oc2cc1NC(=O)c1ccc(C(F)(F)F)nc1. The molecule has 4 heterocycles. The summed E-state index contributed by atoms with van der Waals surface area (Å²) in [4.78, 5) is 46.8. The van der Waals surface area contributed by atoms with E-state index in [0.717, 1.165) is 23.9 Å². The summed E-state index contributed by atoms with van der Waals surface area (Å²) < 4.78 is 59.8. The van der Waals surface area contributed by atoms with Crippen molar-refractivity contribution in [1.29, 1.82) is 0 Å². The number of anilines is 1. The number of aliphatic hydroxyl groups is 1. The van der Waals surface area contributed by atoms with E-state index in [1.54, 1.807) is 18.2 Å². The average Bonchev–Trinajstić information content (AvgIpc) is 3.44. The molecule has 2 fully saturated rings. The number of benzene rings is 2. The zero-order chi connectivity index (χ0) is 34.4. The van der Waals surface area contributed by atoms with Crippen molar-refractivity contribution >= 4 is 34.5 Å². The molecule has 3 N–H and O–H groups in total. The van der Waals surface area contributed by atoms with E-state index < -0.39 is 41.0 Å². The molecule has 1 atom stereocenters. The topological polar surface area (TPSA) is 138 Å². The maximum atomic E-state index is 15.0. The van der Waals surface area contributed by atoms with E-state index in [0.29, 0.717) is 55.0 Å². The molecule has 10 nitrogen and oxygen atoms in total. The van der Waals surface area contributed by atoms with Crippen LogP contribution in [0.15, 0.2) is 53.1 Å². The van der Waals surface area contributed by atoms with E-state index >= 15 is 4.39 Å². The quantitative estimate of drug-likeness (QED) is 0.167. The van der Waals surface area contributed by atoms with Crippen LogP contribution in [-0.2, 0) is 27.9 Å². The fourth-order valence-corrected chi connectivity index (χ4v) is 6.20. The number of fused-ring (bicyclic) bond motifs is 1. The highest BCUT2D eigenvalue weighted by atomic mass is 19.4. The maximum Gasteiger partial charge on any atom is 0.433 e. The predicted molar refractivity (Wildman–Crippen MR) is 165 cm³/mol. The number of imide groups is 1. The fourth-order valence-electron chi connectivity index (χ4n) is 6.20. The second-order valence-corrected chi connectivity index (χ2v) is 12.8. The van der Waals surface area contributed by atoms with E-state index in [2.05, 4.69) is 25.5 Å². The van der Waals surface area contributed by atoms with Crippen LogP contribution >= 0.6 is 0 Å². The lowest BCUT2D eigenvalue weighted by Gasteiger charge is -2.30. The highest BCUT2D eigenvalue weighted by Crippen LogP contribution is 2.36. The highest BCUT2D eigenvalue weighted by Gasteiger charge is 2.33. The van der Waals surface area contributed by atoms with Gasteiger partial charge in [-0.2, -0.15) is 13.2 Å². The molecule has 0 saturated carbocycles. The molecule has 2 saturated heterocycles. The van der Waals surface area contributed by atoms with Gasteiger partial charge in [0.1, 0.15) is 17.0 Å². The van der Waals surface area contributed by atoms with E-state index in [9.17, 15) is 32.7 Å². The zero-order valence-electron chi connectivity index (χ0n) is 26.2. The summed E-state index contributed by atoms with van der Waals surface area (Å²) in [6.45, 7) is 4.97. The van der Waals surface area contributed by atoms with Crippen LogP contribution in [0.1, 0.15) is 90.0 Å². The lowest BCUT2D eigenvalue weighted by Crippen LogP contribution is -2.39. The number of piperidine rings is 2. The number of amides is 3. The van der Waals surface area contributed by atoms with Crippen LogP contribution < -0.4 is 10.6 Å². The largest absolute Gasteiger partial charge is 0.440 e. The van der Waals surface area contributed by atoms with Crippen molar-refractivity contribution in [3.8, 4) is 0 Å². The van der Waals surface area contributed by atoms with Crippen LogP contribution in [0.3, 0.4) is 0 Å². The fraction of sp³-hybridized carbons (Fsp3) is 0.382. The molecule has 2 aromatic carbocycles. The number of nitrogens with one attached hydrogen (secondary N) is 2. The molecular weight excluding hydrogens is 634 g/mol. The Balaban J connectivity index is 1.12. The predicted octanol–water partition coefficient (Wildman–Crippen LogP) is 5.76. The Morgan fingerprint density at radius 2 is 1.83 bits per heavy atom. The lowest BCUT2D eigenvalue weighted by molar-refractivity contribution is -0.141. The van der Waals surface area contributed by atoms with Gasteiger partial charge < -0.3 is 14.8 Å². The minimum Gasteiger partial charge on any atom is -0.440 e. The number of carbonyl (C=O) groups excluding carboxylic acids is 3. The summed E-state index contributed by atoms with van der Waals surface area (Å²) in [7, 11) is 0. The van der Waals surface area contributed by atoms with Gasteiger partial charge in [0, 0.05) is 42.3 Å². The molecule has 3 amide bonds. The molecule has 4 aromatic rings. The summed E-state index contributed by atoms with van der Waals surface area (Å²) in [5.41, 5.74) is -0.162. The van der Waals surface area contributed by atoms with Gasteiger partial charge in [-0.05, 0) is 76.0 Å². The van der Waals surface area contributed by atoms with Crippen LogP contribution in [0, 0.1) is 5.82 Å². The highest BCUT2D eigenvalue weighted by molar-refractivity contribution is 6.05. The van der Waals surface area contributed by atoms with Crippen LogP contribution in [0.25, 0.3) is 11.1 Å². The Labute approximate surface area is 272 Å². The maximum absolute atomic E-state index is 15.0. The minimum atomic E-state index is -4.64. The Morgan fingerprint density at radius 1 is 1.08 bits per heavy atom. The summed E-state index contributed by atoms with van der Waals surface area (Å²) in [6.07, 6.45) is -1.92. The molecule has 0 radical (unpaired) electrons. The molecule has 14 heteroatoms. The molecule has 48 heavy (non-hydrogen) atoms.